The number of carbonyl (C=O) groups excluding carboxylic acids is 3. The summed E-state index contributed by atoms with van der Waals surface area (Å²) in [6, 6.07) is 18.8. The molecule has 0 saturated carbocycles. The van der Waals surface area contributed by atoms with Gasteiger partial charge in [-0.3, -0.25) is 19.8 Å². The topological polar surface area (TPSA) is 87.7 Å². The second-order valence-electron chi connectivity index (χ2n) is 6.65. The van der Waals surface area contributed by atoms with E-state index in [4.69, 9.17) is 4.74 Å². The van der Waals surface area contributed by atoms with Crippen LogP contribution in [0.5, 0.6) is 5.75 Å². The van der Waals surface area contributed by atoms with E-state index < -0.39 is 11.9 Å². The van der Waals surface area contributed by atoms with Gasteiger partial charge >= 0.3 is 0 Å². The van der Waals surface area contributed by atoms with Crippen LogP contribution in [0.2, 0.25) is 0 Å². The molecule has 0 unspecified atom stereocenters. The predicted octanol–water partition coefficient (Wildman–Crippen LogP) is 2.41. The third-order valence-electron chi connectivity index (χ3n) is 4.87. The molecule has 1 aliphatic heterocycles. The van der Waals surface area contributed by atoms with Gasteiger partial charge < -0.3 is 4.74 Å². The highest BCUT2D eigenvalue weighted by Crippen LogP contribution is 2.25. The molecule has 29 heavy (non-hydrogen) atoms. The fourth-order valence-corrected chi connectivity index (χ4v) is 3.39. The number of nitrogens with one attached hydrogen (secondary N) is 2. The van der Waals surface area contributed by atoms with Crippen molar-refractivity contribution in [2.45, 2.75) is 12.5 Å². The van der Waals surface area contributed by atoms with Crippen molar-refractivity contribution in [3.05, 3.63) is 72.3 Å². The van der Waals surface area contributed by atoms with Crippen LogP contribution in [0.4, 0.5) is 5.69 Å². The van der Waals surface area contributed by atoms with E-state index in [9.17, 15) is 14.4 Å². The normalized spacial score (nSPS) is 16.3. The minimum Gasteiger partial charge on any atom is -0.497 e. The van der Waals surface area contributed by atoms with Crippen molar-refractivity contribution in [3.63, 3.8) is 0 Å². The summed E-state index contributed by atoms with van der Waals surface area (Å²) >= 11 is 0. The fraction of sp³-hybridized carbons (Fsp3) is 0.136. The molecule has 2 N–H and O–H groups in total. The van der Waals surface area contributed by atoms with Crippen molar-refractivity contribution in [1.82, 2.24) is 10.9 Å². The van der Waals surface area contributed by atoms with E-state index in [1.807, 2.05) is 30.3 Å². The average Bonchev–Trinajstić information content (AvgIpc) is 3.04. The minimum absolute atomic E-state index is 0.0410. The molecule has 3 aromatic rings. The van der Waals surface area contributed by atoms with E-state index in [1.54, 1.807) is 43.5 Å². The molecule has 1 saturated heterocycles. The van der Waals surface area contributed by atoms with E-state index >= 15 is 0 Å². The molecule has 0 bridgehead atoms. The first kappa shape index (κ1) is 18.6. The SMILES string of the molecule is COc1ccc(N2C(=O)C[C@H](NNC(=O)c3cccc4ccccc34)C2=O)cc1. The lowest BCUT2D eigenvalue weighted by Crippen LogP contribution is -2.48. The van der Waals surface area contributed by atoms with Crippen molar-refractivity contribution in [1.29, 1.82) is 0 Å². The Kier molecular flexibility index (Phi) is 4.97. The van der Waals surface area contributed by atoms with Gasteiger partial charge in [-0.05, 0) is 41.1 Å². The van der Waals surface area contributed by atoms with Crippen LogP contribution in [0.1, 0.15) is 16.8 Å². The number of hydrogen-bond donors (Lipinski definition) is 2. The van der Waals surface area contributed by atoms with Gasteiger partial charge in [-0.25, -0.2) is 10.3 Å². The van der Waals surface area contributed by atoms with Crippen LogP contribution in [0, 0.1) is 0 Å². The first-order valence-electron chi connectivity index (χ1n) is 9.13. The molecule has 1 heterocycles. The average molecular weight is 389 g/mol. The summed E-state index contributed by atoms with van der Waals surface area (Å²) in [6.07, 6.45) is -0.0410. The molecule has 1 aliphatic rings. The summed E-state index contributed by atoms with van der Waals surface area (Å²) in [7, 11) is 1.54. The Morgan fingerprint density at radius 3 is 2.48 bits per heavy atom. The smallest absolute Gasteiger partial charge is 0.266 e. The van der Waals surface area contributed by atoms with Gasteiger partial charge in [-0.1, -0.05) is 36.4 Å². The van der Waals surface area contributed by atoms with Gasteiger partial charge in [0.15, 0.2) is 0 Å². The maximum atomic E-state index is 12.7. The zero-order valence-electron chi connectivity index (χ0n) is 15.7. The minimum atomic E-state index is -0.830. The van der Waals surface area contributed by atoms with Crippen LogP contribution in [0.25, 0.3) is 10.8 Å². The second-order valence-corrected chi connectivity index (χ2v) is 6.65. The van der Waals surface area contributed by atoms with Gasteiger partial charge in [0, 0.05) is 5.56 Å². The Hall–Kier alpha value is -3.71. The monoisotopic (exact) mass is 389 g/mol. The lowest BCUT2D eigenvalue weighted by Gasteiger charge is -2.16. The Bertz CT molecular complexity index is 1090. The van der Waals surface area contributed by atoms with Crippen LogP contribution in [-0.2, 0) is 9.59 Å². The molecule has 0 aromatic heterocycles. The van der Waals surface area contributed by atoms with Gasteiger partial charge in [0.25, 0.3) is 11.8 Å². The van der Waals surface area contributed by atoms with Crippen molar-refractivity contribution < 1.29 is 19.1 Å². The predicted molar refractivity (Wildman–Crippen MR) is 108 cm³/mol. The van der Waals surface area contributed by atoms with Crippen molar-refractivity contribution >= 4 is 34.2 Å². The number of ether oxygens (including phenoxy) is 1. The van der Waals surface area contributed by atoms with Gasteiger partial charge in [0.05, 0.1) is 19.2 Å². The van der Waals surface area contributed by atoms with E-state index in [0.29, 0.717) is 17.0 Å². The number of methoxy groups -OCH3 is 1. The summed E-state index contributed by atoms with van der Waals surface area (Å²) in [4.78, 5) is 38.8. The zero-order chi connectivity index (χ0) is 20.4. The molecular weight excluding hydrogens is 370 g/mol. The highest BCUT2D eigenvalue weighted by atomic mass is 16.5. The summed E-state index contributed by atoms with van der Waals surface area (Å²) < 4.78 is 5.10. The van der Waals surface area contributed by atoms with Crippen LogP contribution in [-0.4, -0.2) is 30.9 Å². The van der Waals surface area contributed by atoms with Crippen LogP contribution < -0.4 is 20.5 Å². The molecule has 0 aliphatic carbocycles. The number of hydrazine groups is 1. The highest BCUT2D eigenvalue weighted by molar-refractivity contribution is 6.22. The molecule has 7 heteroatoms. The van der Waals surface area contributed by atoms with Gasteiger partial charge in [-0.15, -0.1) is 0 Å². The number of nitrogens with zero attached hydrogens (tertiary/aromatic N) is 1. The second kappa shape index (κ2) is 7.73. The first-order valence-corrected chi connectivity index (χ1v) is 9.13. The number of fused-ring (bicyclic) bond motifs is 1. The summed E-state index contributed by atoms with van der Waals surface area (Å²) in [5, 5.41) is 1.75. The molecule has 1 atom stereocenters. The number of rotatable bonds is 5. The number of amides is 3. The number of anilines is 1. The van der Waals surface area contributed by atoms with E-state index in [-0.39, 0.29) is 18.2 Å². The Morgan fingerprint density at radius 1 is 1.00 bits per heavy atom. The zero-order valence-corrected chi connectivity index (χ0v) is 15.7. The van der Waals surface area contributed by atoms with Gasteiger partial charge in [0.2, 0.25) is 5.91 Å². The van der Waals surface area contributed by atoms with E-state index in [0.717, 1.165) is 15.7 Å². The van der Waals surface area contributed by atoms with Gasteiger partial charge in [-0.2, -0.15) is 0 Å². The quantitative estimate of drug-likeness (QED) is 0.517. The van der Waals surface area contributed by atoms with Crippen LogP contribution in [0.3, 0.4) is 0 Å². The Balaban J connectivity index is 1.46. The van der Waals surface area contributed by atoms with E-state index in [2.05, 4.69) is 10.9 Å². The number of carbonyl (C=O) groups is 3. The maximum absolute atomic E-state index is 12.7. The molecule has 7 nitrogen and oxygen atoms in total. The van der Waals surface area contributed by atoms with Crippen molar-refractivity contribution in [2.75, 3.05) is 12.0 Å². The molecule has 146 valence electrons. The van der Waals surface area contributed by atoms with E-state index in [1.165, 1.54) is 0 Å². The first-order chi connectivity index (χ1) is 14.1. The number of hydrogen-bond acceptors (Lipinski definition) is 5. The summed E-state index contributed by atoms with van der Waals surface area (Å²) in [5.74, 6) is -0.495. The lowest BCUT2D eigenvalue weighted by molar-refractivity contribution is -0.121. The van der Waals surface area contributed by atoms with Crippen LogP contribution in [0.15, 0.2) is 66.7 Å². The Labute approximate surface area is 167 Å². The molecule has 0 spiro atoms. The molecule has 3 aromatic carbocycles. The maximum Gasteiger partial charge on any atom is 0.266 e. The molecule has 1 fully saturated rings. The number of benzene rings is 3. The van der Waals surface area contributed by atoms with Crippen molar-refractivity contribution in [3.8, 4) is 5.75 Å². The standard InChI is InChI=1S/C22H19N3O4/c1-29-16-11-9-15(10-12-16)25-20(26)13-19(22(25)28)23-24-21(27)18-8-4-6-14-5-2-3-7-17(14)18/h2-12,19,23H,13H2,1H3,(H,24,27)/t19-/m0/s1. The third kappa shape index (κ3) is 3.55. The Morgan fingerprint density at radius 2 is 1.72 bits per heavy atom. The van der Waals surface area contributed by atoms with Crippen LogP contribution >= 0.6 is 0 Å². The summed E-state index contributed by atoms with van der Waals surface area (Å²) in [6.45, 7) is 0. The summed E-state index contributed by atoms with van der Waals surface area (Å²) in [5.41, 5.74) is 6.23. The fourth-order valence-electron chi connectivity index (χ4n) is 3.39. The molecule has 0 radical (unpaired) electrons. The molecule has 3 amide bonds. The highest BCUT2D eigenvalue weighted by Gasteiger charge is 2.39. The van der Waals surface area contributed by atoms with Gasteiger partial charge in [0.1, 0.15) is 11.8 Å². The lowest BCUT2D eigenvalue weighted by atomic mass is 10.0. The number of imide groups is 1. The largest absolute Gasteiger partial charge is 0.497 e. The van der Waals surface area contributed by atoms with Crippen molar-refractivity contribution in [2.24, 2.45) is 0 Å². The molecule has 4 rings (SSSR count). The molecular formula is C22H19N3O4. The third-order valence-corrected chi connectivity index (χ3v) is 4.87.